The summed E-state index contributed by atoms with van der Waals surface area (Å²) in [6, 6.07) is 12.7. The van der Waals surface area contributed by atoms with Crippen molar-refractivity contribution in [1.29, 1.82) is 0 Å². The second-order valence-electron chi connectivity index (χ2n) is 8.66. The third kappa shape index (κ3) is 4.26. The predicted molar refractivity (Wildman–Crippen MR) is 120 cm³/mol. The minimum absolute atomic E-state index is 0.117. The Kier molecular flexibility index (Phi) is 5.68. The lowest BCUT2D eigenvalue weighted by Gasteiger charge is -2.17. The molecule has 1 saturated heterocycles. The third-order valence-corrected chi connectivity index (χ3v) is 6.25. The van der Waals surface area contributed by atoms with Gasteiger partial charge in [-0.2, -0.15) is 0 Å². The Morgan fingerprint density at radius 1 is 1.09 bits per heavy atom. The Morgan fingerprint density at radius 2 is 1.88 bits per heavy atom. The number of oxime groups is 1. The van der Waals surface area contributed by atoms with E-state index < -0.39 is 0 Å². The molecule has 33 heavy (non-hydrogen) atoms. The lowest BCUT2D eigenvalue weighted by atomic mass is 10.0. The molecule has 3 aliphatic rings. The number of hydrogen-bond donors (Lipinski definition) is 1. The van der Waals surface area contributed by atoms with Crippen molar-refractivity contribution in [1.82, 2.24) is 10.2 Å². The fraction of sp³-hybridized carbons (Fsp3) is 0.360. The quantitative estimate of drug-likeness (QED) is 0.687. The van der Waals surface area contributed by atoms with E-state index in [1.807, 2.05) is 31.2 Å². The Balaban J connectivity index is 1.19. The van der Waals surface area contributed by atoms with Crippen LogP contribution in [0.5, 0.6) is 0 Å². The van der Waals surface area contributed by atoms with Gasteiger partial charge in [-0.25, -0.2) is 0 Å². The van der Waals surface area contributed by atoms with Crippen LogP contribution in [0.3, 0.4) is 0 Å². The summed E-state index contributed by atoms with van der Waals surface area (Å²) in [6.45, 7) is 3.21. The number of ether oxygens (including phenoxy) is 1. The average molecular weight is 447 g/mol. The van der Waals surface area contributed by atoms with Crippen molar-refractivity contribution in [2.45, 2.75) is 38.4 Å². The number of amides is 3. The number of imide groups is 1. The smallest absolute Gasteiger partial charge is 0.261 e. The van der Waals surface area contributed by atoms with E-state index in [2.05, 4.69) is 10.5 Å². The van der Waals surface area contributed by atoms with Gasteiger partial charge in [-0.1, -0.05) is 35.0 Å². The zero-order chi connectivity index (χ0) is 22.9. The molecule has 1 fully saturated rings. The molecular weight excluding hydrogens is 422 g/mol. The summed E-state index contributed by atoms with van der Waals surface area (Å²) in [7, 11) is 0. The number of fused-ring (bicyclic) bond motifs is 1. The van der Waals surface area contributed by atoms with E-state index in [1.165, 1.54) is 16.5 Å². The Hall–Kier alpha value is -3.52. The summed E-state index contributed by atoms with van der Waals surface area (Å²) in [4.78, 5) is 44.9. The van der Waals surface area contributed by atoms with Gasteiger partial charge in [0, 0.05) is 18.6 Å². The van der Waals surface area contributed by atoms with Crippen LogP contribution in [0.25, 0.3) is 0 Å². The van der Waals surface area contributed by atoms with Gasteiger partial charge in [0.2, 0.25) is 0 Å². The van der Waals surface area contributed by atoms with Crippen LogP contribution < -0.4 is 5.32 Å². The zero-order valence-electron chi connectivity index (χ0n) is 18.4. The highest BCUT2D eigenvalue weighted by atomic mass is 16.6. The fourth-order valence-electron chi connectivity index (χ4n) is 4.35. The SMILES string of the molecule is Cc1ccc(C2=NOC(CNC(=O)c3ccc4c(c3)C(=O)N(CC3CCCO3)C4=O)C2)cc1. The second-order valence-corrected chi connectivity index (χ2v) is 8.66. The molecule has 3 amide bonds. The molecule has 5 rings (SSSR count). The zero-order valence-corrected chi connectivity index (χ0v) is 18.4. The molecule has 0 bridgehead atoms. The Bertz CT molecular complexity index is 1140. The van der Waals surface area contributed by atoms with Crippen LogP contribution in [0.4, 0.5) is 0 Å². The van der Waals surface area contributed by atoms with Gasteiger partial charge in [-0.3, -0.25) is 19.3 Å². The van der Waals surface area contributed by atoms with Gasteiger partial charge in [-0.05, 0) is 43.5 Å². The van der Waals surface area contributed by atoms with Gasteiger partial charge in [0.25, 0.3) is 17.7 Å². The molecule has 2 aromatic rings. The molecule has 0 aromatic heterocycles. The van der Waals surface area contributed by atoms with Crippen LogP contribution in [-0.4, -0.2) is 60.2 Å². The van der Waals surface area contributed by atoms with Crippen molar-refractivity contribution in [3.05, 3.63) is 70.3 Å². The maximum atomic E-state index is 12.8. The Labute approximate surface area is 191 Å². The van der Waals surface area contributed by atoms with E-state index in [0.29, 0.717) is 24.2 Å². The van der Waals surface area contributed by atoms with Gasteiger partial charge in [0.05, 0.1) is 36.0 Å². The first-order chi connectivity index (χ1) is 16.0. The monoisotopic (exact) mass is 447 g/mol. The highest BCUT2D eigenvalue weighted by Crippen LogP contribution is 2.26. The molecule has 0 saturated carbocycles. The number of benzene rings is 2. The summed E-state index contributed by atoms with van der Waals surface area (Å²) in [6.07, 6.45) is 1.98. The van der Waals surface area contributed by atoms with Crippen molar-refractivity contribution in [2.75, 3.05) is 19.7 Å². The molecule has 0 radical (unpaired) electrons. The van der Waals surface area contributed by atoms with E-state index in [0.717, 1.165) is 24.1 Å². The van der Waals surface area contributed by atoms with E-state index in [-0.39, 0.29) is 48.6 Å². The number of rotatable bonds is 6. The molecule has 3 aliphatic heterocycles. The lowest BCUT2D eigenvalue weighted by molar-refractivity contribution is 0.0475. The lowest BCUT2D eigenvalue weighted by Crippen LogP contribution is -2.36. The first-order valence-electron chi connectivity index (χ1n) is 11.2. The van der Waals surface area contributed by atoms with Gasteiger partial charge in [0.1, 0.15) is 6.10 Å². The van der Waals surface area contributed by atoms with E-state index in [4.69, 9.17) is 9.57 Å². The van der Waals surface area contributed by atoms with Gasteiger partial charge >= 0.3 is 0 Å². The minimum atomic E-state index is -0.379. The number of carbonyl (C=O) groups is 3. The first kappa shape index (κ1) is 21.3. The van der Waals surface area contributed by atoms with Crippen molar-refractivity contribution in [3.8, 4) is 0 Å². The molecule has 170 valence electrons. The number of carbonyl (C=O) groups excluding carboxylic acids is 3. The number of hydrogen-bond acceptors (Lipinski definition) is 6. The molecular formula is C25H25N3O5. The molecule has 1 N–H and O–H groups in total. The number of aryl methyl sites for hydroxylation is 1. The highest BCUT2D eigenvalue weighted by molar-refractivity contribution is 6.22. The molecule has 8 heteroatoms. The standard InChI is InChI=1S/C25H25N3O5/c1-15-4-6-16(7-5-15)22-12-19(33-27-22)13-26-23(29)17-8-9-20-21(11-17)25(31)28(24(20)30)14-18-3-2-10-32-18/h4-9,11,18-19H,2-3,10,12-14H2,1H3,(H,26,29). The third-order valence-electron chi connectivity index (χ3n) is 6.25. The van der Waals surface area contributed by atoms with E-state index >= 15 is 0 Å². The topological polar surface area (TPSA) is 97.3 Å². The van der Waals surface area contributed by atoms with Gasteiger partial charge in [0.15, 0.2) is 0 Å². The maximum absolute atomic E-state index is 12.8. The van der Waals surface area contributed by atoms with Crippen LogP contribution in [0.1, 0.15) is 61.5 Å². The summed E-state index contributed by atoms with van der Waals surface area (Å²) in [5.74, 6) is -1.05. The van der Waals surface area contributed by atoms with Gasteiger partial charge < -0.3 is 14.9 Å². The predicted octanol–water partition coefficient (Wildman–Crippen LogP) is 2.69. The summed E-state index contributed by atoms with van der Waals surface area (Å²) >= 11 is 0. The van der Waals surface area contributed by atoms with E-state index in [9.17, 15) is 14.4 Å². The molecule has 3 heterocycles. The van der Waals surface area contributed by atoms with Crippen LogP contribution >= 0.6 is 0 Å². The number of nitrogens with zero attached hydrogens (tertiary/aromatic N) is 2. The molecule has 8 nitrogen and oxygen atoms in total. The first-order valence-corrected chi connectivity index (χ1v) is 11.2. The van der Waals surface area contributed by atoms with Crippen molar-refractivity contribution in [3.63, 3.8) is 0 Å². The summed E-state index contributed by atoms with van der Waals surface area (Å²) in [5, 5.41) is 6.99. The Morgan fingerprint density at radius 3 is 2.64 bits per heavy atom. The van der Waals surface area contributed by atoms with Crippen molar-refractivity contribution < 1.29 is 24.0 Å². The van der Waals surface area contributed by atoms with Crippen LogP contribution in [0, 0.1) is 6.92 Å². The average Bonchev–Trinajstić information content (AvgIpc) is 3.56. The van der Waals surface area contributed by atoms with Crippen molar-refractivity contribution >= 4 is 23.4 Å². The highest BCUT2D eigenvalue weighted by Gasteiger charge is 2.38. The van der Waals surface area contributed by atoms with Crippen LogP contribution in [0.2, 0.25) is 0 Å². The maximum Gasteiger partial charge on any atom is 0.261 e. The largest absolute Gasteiger partial charge is 0.390 e. The number of nitrogens with one attached hydrogen (secondary N) is 1. The van der Waals surface area contributed by atoms with Gasteiger partial charge in [-0.15, -0.1) is 0 Å². The summed E-state index contributed by atoms with van der Waals surface area (Å²) < 4.78 is 5.56. The van der Waals surface area contributed by atoms with E-state index in [1.54, 1.807) is 12.1 Å². The van der Waals surface area contributed by atoms with Crippen LogP contribution in [0.15, 0.2) is 47.6 Å². The fourth-order valence-corrected chi connectivity index (χ4v) is 4.35. The molecule has 0 aliphatic carbocycles. The minimum Gasteiger partial charge on any atom is -0.390 e. The van der Waals surface area contributed by atoms with Crippen LogP contribution in [-0.2, 0) is 9.57 Å². The molecule has 0 spiro atoms. The molecule has 2 aromatic carbocycles. The normalized spacial score (nSPS) is 21.7. The second kappa shape index (κ2) is 8.78. The van der Waals surface area contributed by atoms with Crippen molar-refractivity contribution in [2.24, 2.45) is 5.16 Å². The summed E-state index contributed by atoms with van der Waals surface area (Å²) in [5.41, 5.74) is 3.93. The molecule has 2 atom stereocenters. The molecule has 2 unspecified atom stereocenters.